The molecule has 6 rings (SSSR count). The van der Waals surface area contributed by atoms with E-state index in [4.69, 9.17) is 19.2 Å². The second kappa shape index (κ2) is 10.6. The summed E-state index contributed by atoms with van der Waals surface area (Å²) in [6.45, 7) is 10.1. The number of fused-ring (bicyclic) bond motifs is 2. The molecule has 0 bridgehead atoms. The van der Waals surface area contributed by atoms with Gasteiger partial charge in [0.15, 0.2) is 16.3 Å². The lowest BCUT2D eigenvalue weighted by Crippen LogP contribution is -2.39. The number of allylic oxidation sites excluding steroid dienone is 1. The van der Waals surface area contributed by atoms with Crippen molar-refractivity contribution < 1.29 is 19.0 Å². The van der Waals surface area contributed by atoms with E-state index < -0.39 is 12.0 Å². The van der Waals surface area contributed by atoms with Crippen molar-refractivity contribution in [2.75, 3.05) is 13.4 Å². The second-order valence-electron chi connectivity index (χ2n) is 10.0. The van der Waals surface area contributed by atoms with Gasteiger partial charge < -0.3 is 18.8 Å². The smallest absolute Gasteiger partial charge is 0.338 e. The zero-order valence-corrected chi connectivity index (χ0v) is 26.3. The highest BCUT2D eigenvalue weighted by Crippen LogP contribution is 2.38. The standard InChI is InChI=1S/C31H28IN3O5S/c1-6-38-30(37)27-18(4)33-31-35(28(27)20-7-10-24-25(13-20)40-15-39-24)29(36)26(41-31)14-21-12-17(3)34(19(21)5)22-8-9-23(32)16(2)11-22/h7-14,28H,6,15H2,1-5H3/b26-14+/t28-/m1/s1. The van der Waals surface area contributed by atoms with Gasteiger partial charge in [-0.15, -0.1) is 0 Å². The number of aromatic nitrogens is 2. The third-order valence-electron chi connectivity index (χ3n) is 7.39. The van der Waals surface area contributed by atoms with Crippen molar-refractivity contribution in [3.63, 3.8) is 0 Å². The number of ether oxygens (including phenoxy) is 3. The van der Waals surface area contributed by atoms with Crippen molar-refractivity contribution >= 4 is 46.0 Å². The summed E-state index contributed by atoms with van der Waals surface area (Å²) < 4.78 is 22.0. The molecule has 2 aromatic heterocycles. The number of carbonyl (C=O) groups excluding carboxylic acids is 1. The Bertz CT molecular complexity index is 1950. The molecule has 0 radical (unpaired) electrons. The molecule has 0 saturated heterocycles. The molecule has 2 aliphatic rings. The monoisotopic (exact) mass is 681 g/mol. The lowest BCUT2D eigenvalue weighted by molar-refractivity contribution is -0.139. The van der Waals surface area contributed by atoms with Gasteiger partial charge in [-0.2, -0.15) is 0 Å². The molecular formula is C31H28IN3O5S. The Kier molecular flexibility index (Phi) is 7.14. The largest absolute Gasteiger partial charge is 0.463 e. The summed E-state index contributed by atoms with van der Waals surface area (Å²) in [4.78, 5) is 32.5. The fourth-order valence-electron chi connectivity index (χ4n) is 5.43. The van der Waals surface area contributed by atoms with Crippen LogP contribution in [0.1, 0.15) is 48.0 Å². The number of hydrogen-bond acceptors (Lipinski definition) is 7. The van der Waals surface area contributed by atoms with E-state index in [0.717, 1.165) is 22.6 Å². The topological polar surface area (TPSA) is 84.1 Å². The molecule has 0 amide bonds. The van der Waals surface area contributed by atoms with Crippen LogP contribution in [0.4, 0.5) is 0 Å². The van der Waals surface area contributed by atoms with E-state index in [1.54, 1.807) is 24.5 Å². The normalized spacial score (nSPS) is 16.1. The Morgan fingerprint density at radius 1 is 1.12 bits per heavy atom. The number of benzene rings is 2. The lowest BCUT2D eigenvalue weighted by Gasteiger charge is -2.24. The molecule has 210 valence electrons. The van der Waals surface area contributed by atoms with Gasteiger partial charge in [0.2, 0.25) is 6.79 Å². The first-order valence-corrected chi connectivity index (χ1v) is 15.1. The number of nitrogens with zero attached hydrogens (tertiary/aromatic N) is 3. The Hall–Kier alpha value is -3.64. The van der Waals surface area contributed by atoms with E-state index in [2.05, 4.69) is 72.2 Å². The number of carbonyl (C=O) groups is 1. The van der Waals surface area contributed by atoms with E-state index in [-0.39, 0.29) is 19.0 Å². The Balaban J connectivity index is 1.52. The van der Waals surface area contributed by atoms with Crippen LogP contribution in [0.5, 0.6) is 11.5 Å². The SMILES string of the molecule is CCOC(=O)C1=C(C)N=c2s/c(=C/c3cc(C)n(-c4ccc(I)c(C)c4)c3C)c(=O)n2[C@@H]1c1ccc2c(c1)OCO2. The highest BCUT2D eigenvalue weighted by Gasteiger charge is 2.34. The van der Waals surface area contributed by atoms with Gasteiger partial charge in [0.25, 0.3) is 5.56 Å². The van der Waals surface area contributed by atoms with Gasteiger partial charge in [0.1, 0.15) is 0 Å². The molecule has 0 spiro atoms. The molecule has 0 N–H and O–H groups in total. The third kappa shape index (κ3) is 4.72. The van der Waals surface area contributed by atoms with Crippen LogP contribution in [-0.2, 0) is 9.53 Å². The number of esters is 1. The molecule has 0 fully saturated rings. The first-order chi connectivity index (χ1) is 19.7. The lowest BCUT2D eigenvalue weighted by atomic mass is 9.95. The zero-order chi connectivity index (χ0) is 29.0. The van der Waals surface area contributed by atoms with Crippen LogP contribution in [0.15, 0.2) is 63.5 Å². The molecule has 10 heteroatoms. The molecule has 2 aromatic carbocycles. The van der Waals surface area contributed by atoms with Crippen molar-refractivity contribution in [1.29, 1.82) is 0 Å². The number of thiazole rings is 1. The average Bonchev–Trinajstić information content (AvgIpc) is 3.60. The summed E-state index contributed by atoms with van der Waals surface area (Å²) in [5.41, 5.74) is 6.68. The van der Waals surface area contributed by atoms with E-state index in [9.17, 15) is 9.59 Å². The predicted octanol–water partition coefficient (Wildman–Crippen LogP) is 4.85. The van der Waals surface area contributed by atoms with Gasteiger partial charge in [-0.25, -0.2) is 9.79 Å². The number of halogens is 1. The first-order valence-electron chi connectivity index (χ1n) is 13.2. The van der Waals surface area contributed by atoms with Crippen LogP contribution < -0.4 is 24.4 Å². The first kappa shape index (κ1) is 27.5. The summed E-state index contributed by atoms with van der Waals surface area (Å²) >= 11 is 3.65. The predicted molar refractivity (Wildman–Crippen MR) is 166 cm³/mol. The van der Waals surface area contributed by atoms with E-state index in [0.29, 0.717) is 37.7 Å². The maximum Gasteiger partial charge on any atom is 0.338 e. The van der Waals surface area contributed by atoms with Gasteiger partial charge in [-0.1, -0.05) is 17.4 Å². The fraction of sp³-hybridized carbons (Fsp3) is 0.258. The Labute approximate surface area is 254 Å². The van der Waals surface area contributed by atoms with Crippen molar-refractivity contribution in [1.82, 2.24) is 9.13 Å². The Morgan fingerprint density at radius 2 is 1.90 bits per heavy atom. The minimum atomic E-state index is -0.718. The van der Waals surface area contributed by atoms with Crippen molar-refractivity contribution in [2.45, 2.75) is 40.7 Å². The number of rotatable bonds is 5. The average molecular weight is 682 g/mol. The van der Waals surface area contributed by atoms with Gasteiger partial charge in [0.05, 0.1) is 28.5 Å². The Morgan fingerprint density at radius 3 is 2.66 bits per heavy atom. The maximum atomic E-state index is 14.1. The molecule has 4 aromatic rings. The molecule has 8 nitrogen and oxygen atoms in total. The number of hydrogen-bond donors (Lipinski definition) is 0. The van der Waals surface area contributed by atoms with Crippen LogP contribution in [-0.4, -0.2) is 28.5 Å². The molecule has 0 aliphatic carbocycles. The van der Waals surface area contributed by atoms with Crippen LogP contribution in [0.2, 0.25) is 0 Å². The molecule has 2 aliphatic heterocycles. The summed E-state index contributed by atoms with van der Waals surface area (Å²) in [5, 5.41) is 0. The molecular weight excluding hydrogens is 653 g/mol. The summed E-state index contributed by atoms with van der Waals surface area (Å²) in [6, 6.07) is 13.2. The molecule has 0 saturated carbocycles. The maximum absolute atomic E-state index is 14.1. The minimum absolute atomic E-state index is 0.126. The van der Waals surface area contributed by atoms with Gasteiger partial charge >= 0.3 is 5.97 Å². The minimum Gasteiger partial charge on any atom is -0.463 e. The fourth-order valence-corrected chi connectivity index (χ4v) is 6.80. The van der Waals surface area contributed by atoms with Crippen molar-refractivity contribution in [3.8, 4) is 17.2 Å². The highest BCUT2D eigenvalue weighted by molar-refractivity contribution is 14.1. The van der Waals surface area contributed by atoms with Gasteiger partial charge in [0, 0.05) is 20.6 Å². The summed E-state index contributed by atoms with van der Waals surface area (Å²) in [6.07, 6.45) is 1.92. The highest BCUT2D eigenvalue weighted by atomic mass is 127. The molecule has 0 unspecified atom stereocenters. The third-order valence-corrected chi connectivity index (χ3v) is 9.58. The molecule has 41 heavy (non-hydrogen) atoms. The van der Waals surface area contributed by atoms with E-state index >= 15 is 0 Å². The van der Waals surface area contributed by atoms with Crippen LogP contribution in [0, 0.1) is 24.3 Å². The van der Waals surface area contributed by atoms with E-state index in [1.165, 1.54) is 20.5 Å². The summed E-state index contributed by atoms with van der Waals surface area (Å²) in [5.74, 6) is 0.695. The van der Waals surface area contributed by atoms with Crippen molar-refractivity contribution in [3.05, 3.63) is 105 Å². The van der Waals surface area contributed by atoms with Gasteiger partial charge in [-0.3, -0.25) is 9.36 Å². The van der Waals surface area contributed by atoms with Gasteiger partial charge in [-0.05, 0) is 116 Å². The number of aryl methyl sites for hydroxylation is 2. The van der Waals surface area contributed by atoms with Crippen LogP contribution in [0.25, 0.3) is 11.8 Å². The quantitative estimate of drug-likeness (QED) is 0.222. The summed E-state index contributed by atoms with van der Waals surface area (Å²) in [7, 11) is 0. The van der Waals surface area contributed by atoms with Crippen molar-refractivity contribution in [2.24, 2.45) is 4.99 Å². The van der Waals surface area contributed by atoms with Crippen LogP contribution >= 0.6 is 33.9 Å². The van der Waals surface area contributed by atoms with Crippen LogP contribution in [0.3, 0.4) is 0 Å². The van der Waals surface area contributed by atoms with E-state index in [1.807, 2.05) is 18.2 Å². The zero-order valence-electron chi connectivity index (χ0n) is 23.3. The second-order valence-corrected chi connectivity index (χ2v) is 12.2. The molecule has 1 atom stereocenters. The molecule has 4 heterocycles.